The van der Waals surface area contributed by atoms with Gasteiger partial charge in [0.25, 0.3) is 0 Å². The standard InChI is InChI=1S/C23H24/c1-2-3-4-5-10-17-23(22-18-11-7-12-19-22)20-13-16-21-14-8-6-9-15-21/h3-16,18-20H,2,17H2,1H3/b4-3-,10-5-,16-13+,23-20+. The number of hydrogen-bond donors (Lipinski definition) is 0. The van der Waals surface area contributed by atoms with Gasteiger partial charge in [-0.3, -0.25) is 0 Å². The quantitative estimate of drug-likeness (QED) is 0.499. The van der Waals surface area contributed by atoms with Crippen LogP contribution in [0.1, 0.15) is 30.9 Å². The van der Waals surface area contributed by atoms with E-state index in [4.69, 9.17) is 0 Å². The van der Waals surface area contributed by atoms with Crippen LogP contribution < -0.4 is 0 Å². The summed E-state index contributed by atoms with van der Waals surface area (Å²) >= 11 is 0. The molecule has 0 amide bonds. The summed E-state index contributed by atoms with van der Waals surface area (Å²) in [6, 6.07) is 20.9. The maximum atomic E-state index is 2.21. The lowest BCUT2D eigenvalue weighted by Gasteiger charge is -2.04. The first-order valence-electron chi connectivity index (χ1n) is 8.19. The molecule has 2 aromatic carbocycles. The van der Waals surface area contributed by atoms with Crippen molar-refractivity contribution in [3.63, 3.8) is 0 Å². The van der Waals surface area contributed by atoms with E-state index in [0.29, 0.717) is 0 Å². The van der Waals surface area contributed by atoms with Gasteiger partial charge >= 0.3 is 0 Å². The van der Waals surface area contributed by atoms with E-state index >= 15 is 0 Å². The monoisotopic (exact) mass is 300 g/mol. The zero-order valence-electron chi connectivity index (χ0n) is 13.7. The second-order valence-electron chi connectivity index (χ2n) is 5.30. The van der Waals surface area contributed by atoms with Crippen LogP contribution in [0.3, 0.4) is 0 Å². The predicted molar refractivity (Wildman–Crippen MR) is 103 cm³/mol. The summed E-state index contributed by atoms with van der Waals surface area (Å²) in [6.07, 6.45) is 17.1. The fourth-order valence-corrected chi connectivity index (χ4v) is 2.26. The van der Waals surface area contributed by atoms with Crippen molar-refractivity contribution in [3.05, 3.63) is 108 Å². The lowest BCUT2D eigenvalue weighted by Crippen LogP contribution is -1.82. The van der Waals surface area contributed by atoms with Crippen LogP contribution in [-0.2, 0) is 0 Å². The smallest absolute Gasteiger partial charge is 0.00884 e. The zero-order valence-corrected chi connectivity index (χ0v) is 13.7. The van der Waals surface area contributed by atoms with Gasteiger partial charge in [-0.05, 0) is 29.5 Å². The van der Waals surface area contributed by atoms with Crippen LogP contribution in [0.2, 0.25) is 0 Å². The molecule has 0 aliphatic heterocycles. The predicted octanol–water partition coefficient (Wildman–Crippen LogP) is 6.70. The van der Waals surface area contributed by atoms with Gasteiger partial charge in [0.15, 0.2) is 0 Å². The highest BCUT2D eigenvalue weighted by Crippen LogP contribution is 2.19. The Bertz CT molecular complexity index is 670. The molecule has 0 heteroatoms. The van der Waals surface area contributed by atoms with E-state index in [2.05, 4.69) is 104 Å². The molecule has 0 saturated heterocycles. The minimum Gasteiger partial charge on any atom is -0.0848 e. The van der Waals surface area contributed by atoms with Gasteiger partial charge < -0.3 is 0 Å². The Morgan fingerprint density at radius 3 is 2.13 bits per heavy atom. The molecule has 0 aromatic heterocycles. The molecule has 116 valence electrons. The van der Waals surface area contributed by atoms with Gasteiger partial charge in [-0.1, -0.05) is 110 Å². The number of rotatable bonds is 7. The maximum Gasteiger partial charge on any atom is -0.00884 e. The summed E-state index contributed by atoms with van der Waals surface area (Å²) < 4.78 is 0. The minimum absolute atomic E-state index is 0.928. The largest absolute Gasteiger partial charge is 0.0848 e. The Kier molecular flexibility index (Phi) is 7.42. The van der Waals surface area contributed by atoms with E-state index < -0.39 is 0 Å². The highest BCUT2D eigenvalue weighted by atomic mass is 14.0. The van der Waals surface area contributed by atoms with Crippen molar-refractivity contribution in [2.24, 2.45) is 0 Å². The second kappa shape index (κ2) is 10.2. The van der Waals surface area contributed by atoms with Crippen molar-refractivity contribution in [2.45, 2.75) is 19.8 Å². The summed E-state index contributed by atoms with van der Waals surface area (Å²) in [6.45, 7) is 2.15. The summed E-state index contributed by atoms with van der Waals surface area (Å²) in [7, 11) is 0. The van der Waals surface area contributed by atoms with Gasteiger partial charge in [0.05, 0.1) is 0 Å². The van der Waals surface area contributed by atoms with Crippen molar-refractivity contribution in [3.8, 4) is 0 Å². The fourth-order valence-electron chi connectivity index (χ4n) is 2.26. The third-order valence-electron chi connectivity index (χ3n) is 3.49. The maximum absolute atomic E-state index is 2.21. The first-order chi connectivity index (χ1) is 11.4. The van der Waals surface area contributed by atoms with Gasteiger partial charge in [-0.25, -0.2) is 0 Å². The van der Waals surface area contributed by atoms with E-state index in [1.807, 2.05) is 6.07 Å². The van der Waals surface area contributed by atoms with Gasteiger partial charge in [0.1, 0.15) is 0 Å². The number of benzene rings is 2. The van der Waals surface area contributed by atoms with Gasteiger partial charge in [-0.2, -0.15) is 0 Å². The molecule has 0 heterocycles. The van der Waals surface area contributed by atoms with E-state index in [0.717, 1.165) is 12.8 Å². The molecule has 0 aliphatic rings. The molecule has 0 nitrogen and oxygen atoms in total. The van der Waals surface area contributed by atoms with Crippen LogP contribution in [0.4, 0.5) is 0 Å². The highest BCUT2D eigenvalue weighted by molar-refractivity contribution is 5.69. The summed E-state index contributed by atoms with van der Waals surface area (Å²) in [5, 5.41) is 0. The molecule has 0 atom stereocenters. The minimum atomic E-state index is 0.928. The normalized spacial score (nSPS) is 12.7. The summed E-state index contributed by atoms with van der Waals surface area (Å²) in [5.41, 5.74) is 3.81. The number of allylic oxidation sites excluding steroid dienone is 7. The molecule has 0 radical (unpaired) electrons. The Balaban J connectivity index is 2.13. The van der Waals surface area contributed by atoms with Crippen molar-refractivity contribution in [1.82, 2.24) is 0 Å². The molecule has 0 aliphatic carbocycles. The van der Waals surface area contributed by atoms with Crippen molar-refractivity contribution in [2.75, 3.05) is 0 Å². The van der Waals surface area contributed by atoms with Crippen molar-refractivity contribution in [1.29, 1.82) is 0 Å². The third-order valence-corrected chi connectivity index (χ3v) is 3.49. The first-order valence-corrected chi connectivity index (χ1v) is 8.19. The first kappa shape index (κ1) is 16.8. The van der Waals surface area contributed by atoms with Crippen LogP contribution in [0.5, 0.6) is 0 Å². The molecule has 2 aromatic rings. The average molecular weight is 300 g/mol. The van der Waals surface area contributed by atoms with Crippen LogP contribution in [0, 0.1) is 0 Å². The molecule has 0 N–H and O–H groups in total. The van der Waals surface area contributed by atoms with Crippen LogP contribution in [0.15, 0.2) is 97.1 Å². The number of hydrogen-bond acceptors (Lipinski definition) is 0. The molecule has 0 spiro atoms. The molecule has 0 unspecified atom stereocenters. The van der Waals surface area contributed by atoms with E-state index in [-0.39, 0.29) is 0 Å². The van der Waals surface area contributed by atoms with Gasteiger partial charge in [-0.15, -0.1) is 0 Å². The Morgan fingerprint density at radius 1 is 0.783 bits per heavy atom. The van der Waals surface area contributed by atoms with Crippen LogP contribution in [-0.4, -0.2) is 0 Å². The molecular weight excluding hydrogens is 276 g/mol. The summed E-state index contributed by atoms with van der Waals surface area (Å²) in [4.78, 5) is 0. The second-order valence-corrected chi connectivity index (χ2v) is 5.30. The molecule has 2 rings (SSSR count). The lowest BCUT2D eigenvalue weighted by atomic mass is 10.0. The molecule has 0 fully saturated rings. The lowest BCUT2D eigenvalue weighted by molar-refractivity contribution is 1.22. The van der Waals surface area contributed by atoms with Crippen LogP contribution >= 0.6 is 0 Å². The highest BCUT2D eigenvalue weighted by Gasteiger charge is 1.97. The topological polar surface area (TPSA) is 0 Å². The molecule has 0 saturated carbocycles. The Labute approximate surface area is 140 Å². The fraction of sp³-hybridized carbons (Fsp3) is 0.130. The molecular formula is C23H24. The van der Waals surface area contributed by atoms with Crippen LogP contribution in [0.25, 0.3) is 11.6 Å². The molecule has 23 heavy (non-hydrogen) atoms. The SMILES string of the molecule is CC/C=C\C=C/C/C(=C\C=C\c1ccccc1)c1ccccc1. The van der Waals surface area contributed by atoms with E-state index in [1.54, 1.807) is 0 Å². The Hall–Kier alpha value is -2.60. The van der Waals surface area contributed by atoms with E-state index in [1.165, 1.54) is 16.7 Å². The van der Waals surface area contributed by atoms with Crippen molar-refractivity contribution >= 4 is 11.6 Å². The van der Waals surface area contributed by atoms with Crippen molar-refractivity contribution < 1.29 is 0 Å². The third kappa shape index (κ3) is 6.36. The zero-order chi connectivity index (χ0) is 16.2. The molecule has 0 bridgehead atoms. The Morgan fingerprint density at radius 2 is 1.43 bits per heavy atom. The van der Waals surface area contributed by atoms with Gasteiger partial charge in [0, 0.05) is 0 Å². The average Bonchev–Trinajstić information content (AvgIpc) is 2.62. The summed E-state index contributed by atoms with van der Waals surface area (Å²) in [5.74, 6) is 0. The van der Waals surface area contributed by atoms with E-state index in [9.17, 15) is 0 Å². The van der Waals surface area contributed by atoms with Gasteiger partial charge in [0.2, 0.25) is 0 Å².